The minimum absolute atomic E-state index is 0. The predicted octanol–water partition coefficient (Wildman–Crippen LogP) is -0.678. The number of rotatable bonds is 0. The van der Waals surface area contributed by atoms with Crippen molar-refractivity contribution in [3.63, 3.8) is 0 Å². The lowest BCUT2D eigenvalue weighted by molar-refractivity contribution is -0.138. The Kier molecular flexibility index (Phi) is 5.27. The Morgan fingerprint density at radius 2 is 1.88 bits per heavy atom. The van der Waals surface area contributed by atoms with E-state index in [9.17, 15) is 18.0 Å². The number of alkyl halides is 3. The van der Waals surface area contributed by atoms with Crippen LogP contribution >= 0.6 is 0 Å². The van der Waals surface area contributed by atoms with Crippen LogP contribution in [-0.2, 0) is 6.18 Å². The number of nitrogens with one attached hydrogen (secondary N) is 1. The normalized spacial score (nSPS) is 9.62. The SMILES string of the molecule is N#Cc1c(C(F)(F)F)cc(=O)[nH]c1O.O.O. The maximum absolute atomic E-state index is 12.2. The van der Waals surface area contributed by atoms with E-state index in [1.165, 1.54) is 0 Å². The van der Waals surface area contributed by atoms with Crippen LogP contribution in [0, 0.1) is 11.3 Å². The van der Waals surface area contributed by atoms with Crippen LogP contribution in [0.25, 0.3) is 0 Å². The van der Waals surface area contributed by atoms with E-state index in [0.717, 1.165) is 6.07 Å². The zero-order valence-electron chi connectivity index (χ0n) is 7.51. The molecule has 1 rings (SSSR count). The fourth-order valence-electron chi connectivity index (χ4n) is 0.883. The number of hydrogen-bond acceptors (Lipinski definition) is 3. The van der Waals surface area contributed by atoms with Crippen molar-refractivity contribution in [2.24, 2.45) is 0 Å². The highest BCUT2D eigenvalue weighted by molar-refractivity contribution is 5.45. The van der Waals surface area contributed by atoms with Gasteiger partial charge in [-0.1, -0.05) is 0 Å². The Morgan fingerprint density at radius 3 is 2.25 bits per heavy atom. The molecule has 0 radical (unpaired) electrons. The van der Waals surface area contributed by atoms with Crippen molar-refractivity contribution in [1.82, 2.24) is 4.98 Å². The summed E-state index contributed by atoms with van der Waals surface area (Å²) in [6.45, 7) is 0. The van der Waals surface area contributed by atoms with Crippen LogP contribution in [0.1, 0.15) is 11.1 Å². The highest BCUT2D eigenvalue weighted by Crippen LogP contribution is 2.32. The van der Waals surface area contributed by atoms with Gasteiger partial charge in [0.15, 0.2) is 0 Å². The molecule has 0 fully saturated rings. The van der Waals surface area contributed by atoms with Gasteiger partial charge in [-0.3, -0.25) is 9.78 Å². The van der Waals surface area contributed by atoms with E-state index in [2.05, 4.69) is 0 Å². The summed E-state index contributed by atoms with van der Waals surface area (Å²) in [7, 11) is 0. The van der Waals surface area contributed by atoms with Crippen molar-refractivity contribution in [2.75, 3.05) is 0 Å². The van der Waals surface area contributed by atoms with E-state index >= 15 is 0 Å². The lowest BCUT2D eigenvalue weighted by Gasteiger charge is -2.07. The van der Waals surface area contributed by atoms with Gasteiger partial charge in [0.2, 0.25) is 5.88 Å². The van der Waals surface area contributed by atoms with E-state index in [-0.39, 0.29) is 17.0 Å². The molecule has 0 spiro atoms. The summed E-state index contributed by atoms with van der Waals surface area (Å²) < 4.78 is 36.5. The second-order valence-corrected chi connectivity index (χ2v) is 2.38. The molecule has 90 valence electrons. The van der Waals surface area contributed by atoms with Gasteiger partial charge in [0.1, 0.15) is 11.6 Å². The minimum Gasteiger partial charge on any atom is -0.494 e. The molecule has 0 aliphatic heterocycles. The number of aromatic nitrogens is 1. The molecule has 1 aromatic heterocycles. The molecule has 16 heavy (non-hydrogen) atoms. The summed E-state index contributed by atoms with van der Waals surface area (Å²) in [6, 6.07) is 1.38. The minimum atomic E-state index is -4.84. The molecule has 1 heterocycles. The molecule has 9 heteroatoms. The number of nitriles is 1. The first-order valence-electron chi connectivity index (χ1n) is 3.30. The third kappa shape index (κ3) is 2.97. The van der Waals surface area contributed by atoms with Gasteiger partial charge < -0.3 is 16.1 Å². The molecule has 0 unspecified atom stereocenters. The largest absolute Gasteiger partial charge is 0.494 e. The van der Waals surface area contributed by atoms with Crippen molar-refractivity contribution in [1.29, 1.82) is 5.26 Å². The van der Waals surface area contributed by atoms with E-state index in [4.69, 9.17) is 10.4 Å². The van der Waals surface area contributed by atoms with Crippen molar-refractivity contribution in [2.45, 2.75) is 6.18 Å². The summed E-state index contributed by atoms with van der Waals surface area (Å²) in [5.41, 5.74) is -3.55. The third-order valence-corrected chi connectivity index (χ3v) is 1.44. The fourth-order valence-corrected chi connectivity index (χ4v) is 0.883. The van der Waals surface area contributed by atoms with Gasteiger partial charge in [-0.05, 0) is 0 Å². The quantitative estimate of drug-likeness (QED) is 0.620. The topological polar surface area (TPSA) is 140 Å². The number of halogens is 3. The van der Waals surface area contributed by atoms with E-state index in [1.54, 1.807) is 4.98 Å². The van der Waals surface area contributed by atoms with Gasteiger partial charge >= 0.3 is 6.18 Å². The lowest BCUT2D eigenvalue weighted by Crippen LogP contribution is -2.15. The van der Waals surface area contributed by atoms with Gasteiger partial charge in [-0.25, -0.2) is 0 Å². The maximum atomic E-state index is 12.2. The van der Waals surface area contributed by atoms with Crippen molar-refractivity contribution >= 4 is 0 Å². The molecule has 0 bridgehead atoms. The third-order valence-electron chi connectivity index (χ3n) is 1.44. The van der Waals surface area contributed by atoms with Gasteiger partial charge in [0.05, 0.1) is 5.56 Å². The summed E-state index contributed by atoms with van der Waals surface area (Å²) in [5.74, 6) is -1.08. The van der Waals surface area contributed by atoms with Gasteiger partial charge in [0.25, 0.3) is 5.56 Å². The molecule has 1 aromatic rings. The summed E-state index contributed by atoms with van der Waals surface area (Å²) in [5, 5.41) is 17.2. The van der Waals surface area contributed by atoms with Crippen molar-refractivity contribution in [3.05, 3.63) is 27.5 Å². The Hall–Kier alpha value is -2.05. The van der Waals surface area contributed by atoms with Crippen LogP contribution in [-0.4, -0.2) is 21.0 Å². The Labute approximate surface area is 86.2 Å². The molecular weight excluding hydrogens is 233 g/mol. The summed E-state index contributed by atoms with van der Waals surface area (Å²) >= 11 is 0. The molecular formula is C7H7F3N2O4. The van der Waals surface area contributed by atoms with Crippen molar-refractivity contribution in [3.8, 4) is 11.9 Å². The standard InChI is InChI=1S/C7H3F3N2O2.2H2O/c8-7(9,10)4-1-5(13)12-6(14)3(4)2-11;;/h1H,(H2,12,13,14);2*1H2. The number of aromatic hydroxyl groups is 1. The second-order valence-electron chi connectivity index (χ2n) is 2.38. The van der Waals surface area contributed by atoms with Gasteiger partial charge in [0, 0.05) is 6.07 Å². The van der Waals surface area contributed by atoms with Crippen LogP contribution in [0.3, 0.4) is 0 Å². The average Bonchev–Trinajstić information content (AvgIpc) is 2.01. The summed E-state index contributed by atoms with van der Waals surface area (Å²) in [4.78, 5) is 12.3. The lowest BCUT2D eigenvalue weighted by atomic mass is 10.1. The van der Waals surface area contributed by atoms with Crippen LogP contribution in [0.5, 0.6) is 5.88 Å². The zero-order chi connectivity index (χ0) is 10.9. The van der Waals surface area contributed by atoms with Crippen LogP contribution in [0.4, 0.5) is 13.2 Å². The van der Waals surface area contributed by atoms with Crippen molar-refractivity contribution < 1.29 is 29.2 Å². The second kappa shape index (κ2) is 5.15. The molecule has 0 aromatic carbocycles. The molecule has 6 N–H and O–H groups in total. The first-order chi connectivity index (χ1) is 6.36. The Balaban J connectivity index is 0. The predicted molar refractivity (Wildman–Crippen MR) is 45.7 cm³/mol. The maximum Gasteiger partial charge on any atom is 0.418 e. The van der Waals surface area contributed by atoms with Crippen LogP contribution < -0.4 is 5.56 Å². The number of pyridine rings is 1. The van der Waals surface area contributed by atoms with E-state index < -0.39 is 28.7 Å². The first kappa shape index (κ1) is 16.4. The molecule has 0 saturated heterocycles. The van der Waals surface area contributed by atoms with Gasteiger partial charge in [-0.2, -0.15) is 18.4 Å². The number of hydrogen-bond donors (Lipinski definition) is 2. The number of aromatic amines is 1. The Morgan fingerprint density at radius 1 is 1.38 bits per heavy atom. The molecule has 0 saturated carbocycles. The molecule has 0 aliphatic rings. The monoisotopic (exact) mass is 240 g/mol. The molecule has 0 aliphatic carbocycles. The van der Waals surface area contributed by atoms with Crippen LogP contribution in [0.2, 0.25) is 0 Å². The highest BCUT2D eigenvalue weighted by atomic mass is 19.4. The first-order valence-corrected chi connectivity index (χ1v) is 3.30. The smallest absolute Gasteiger partial charge is 0.418 e. The fraction of sp³-hybridized carbons (Fsp3) is 0.143. The van der Waals surface area contributed by atoms with Gasteiger partial charge in [-0.15, -0.1) is 0 Å². The molecule has 6 nitrogen and oxygen atoms in total. The van der Waals surface area contributed by atoms with E-state index in [1.807, 2.05) is 0 Å². The number of nitrogens with zero attached hydrogens (tertiary/aromatic N) is 1. The molecule has 0 atom stereocenters. The summed E-state index contributed by atoms with van der Waals surface area (Å²) in [6.07, 6.45) is -4.84. The molecule has 0 amide bonds. The highest BCUT2D eigenvalue weighted by Gasteiger charge is 2.35. The van der Waals surface area contributed by atoms with E-state index in [0.29, 0.717) is 0 Å². The zero-order valence-corrected chi connectivity index (χ0v) is 7.51. The Bertz CT molecular complexity index is 460. The van der Waals surface area contributed by atoms with Crippen LogP contribution in [0.15, 0.2) is 10.9 Å². The average molecular weight is 240 g/mol. The number of H-pyrrole nitrogens is 1.